The van der Waals surface area contributed by atoms with Gasteiger partial charge in [-0.25, -0.2) is 0 Å². The van der Waals surface area contributed by atoms with E-state index in [4.69, 9.17) is 4.42 Å². The topological polar surface area (TPSA) is 57.2 Å². The van der Waals surface area contributed by atoms with Gasteiger partial charge in [-0.05, 0) is 38.1 Å². The van der Waals surface area contributed by atoms with Gasteiger partial charge in [0.1, 0.15) is 17.4 Å². The molecule has 3 rings (SSSR count). The molecule has 0 fully saturated rings. The van der Waals surface area contributed by atoms with Crippen molar-refractivity contribution in [2.75, 3.05) is 18.0 Å². The summed E-state index contributed by atoms with van der Waals surface area (Å²) in [6, 6.07) is 12.6. The van der Waals surface area contributed by atoms with Crippen LogP contribution in [0.4, 0.5) is 5.69 Å². The summed E-state index contributed by atoms with van der Waals surface area (Å²) < 4.78 is 5.87. The van der Waals surface area contributed by atoms with E-state index in [0.717, 1.165) is 24.2 Å². The summed E-state index contributed by atoms with van der Waals surface area (Å²) in [5.41, 5.74) is 2.76. The minimum absolute atomic E-state index is 0.126. The molecule has 110 valence electrons. The van der Waals surface area contributed by atoms with Crippen LogP contribution in [0.3, 0.4) is 0 Å². The van der Waals surface area contributed by atoms with Gasteiger partial charge in [-0.2, -0.15) is 5.26 Å². The van der Waals surface area contributed by atoms with Gasteiger partial charge in [0, 0.05) is 41.9 Å². The normalized spacial score (nSPS) is 10.8. The monoisotopic (exact) mass is 292 g/mol. The van der Waals surface area contributed by atoms with Crippen LogP contribution in [0.1, 0.15) is 19.4 Å². The number of nitriles is 1. The average Bonchev–Trinajstić information content (AvgIpc) is 2.53. The van der Waals surface area contributed by atoms with E-state index in [2.05, 4.69) is 24.8 Å². The lowest BCUT2D eigenvalue weighted by atomic mass is 10.0. The highest BCUT2D eigenvalue weighted by atomic mass is 16.3. The Kier molecular flexibility index (Phi) is 3.56. The number of hydrogen-bond donors (Lipinski definition) is 0. The first kappa shape index (κ1) is 14.2. The van der Waals surface area contributed by atoms with E-state index in [1.807, 2.05) is 18.2 Å². The zero-order valence-corrected chi connectivity index (χ0v) is 12.6. The van der Waals surface area contributed by atoms with Crippen LogP contribution in [-0.2, 0) is 0 Å². The van der Waals surface area contributed by atoms with Crippen LogP contribution in [0.2, 0.25) is 0 Å². The van der Waals surface area contributed by atoms with Crippen LogP contribution >= 0.6 is 0 Å². The molecule has 22 heavy (non-hydrogen) atoms. The molecular weight excluding hydrogens is 276 g/mol. The lowest BCUT2D eigenvalue weighted by Crippen LogP contribution is -2.21. The van der Waals surface area contributed by atoms with Gasteiger partial charge in [-0.1, -0.05) is 0 Å². The quantitative estimate of drug-likeness (QED) is 0.692. The molecule has 0 N–H and O–H groups in total. The molecule has 1 heterocycles. The minimum Gasteiger partial charge on any atom is -0.456 e. The van der Waals surface area contributed by atoms with E-state index < -0.39 is 0 Å². The van der Waals surface area contributed by atoms with Gasteiger partial charge in [0.25, 0.3) is 0 Å². The van der Waals surface area contributed by atoms with Crippen LogP contribution in [0.15, 0.2) is 45.6 Å². The summed E-state index contributed by atoms with van der Waals surface area (Å²) >= 11 is 0. The molecule has 0 saturated carbocycles. The van der Waals surface area contributed by atoms with Crippen molar-refractivity contribution in [3.05, 3.63) is 52.2 Å². The van der Waals surface area contributed by atoms with Crippen molar-refractivity contribution in [3.8, 4) is 17.4 Å². The molecule has 0 atom stereocenters. The Hall–Kier alpha value is -2.80. The van der Waals surface area contributed by atoms with E-state index in [1.165, 1.54) is 12.1 Å². The van der Waals surface area contributed by atoms with Crippen LogP contribution < -0.4 is 10.3 Å². The predicted molar refractivity (Wildman–Crippen MR) is 87.4 cm³/mol. The van der Waals surface area contributed by atoms with Crippen LogP contribution in [-0.4, -0.2) is 13.1 Å². The van der Waals surface area contributed by atoms with Crippen molar-refractivity contribution >= 4 is 16.7 Å². The van der Waals surface area contributed by atoms with Crippen molar-refractivity contribution < 1.29 is 4.42 Å². The lowest BCUT2D eigenvalue weighted by molar-refractivity contribution is 0.618. The molecule has 1 aliphatic carbocycles. The molecular formula is C18H16N2O2. The third-order valence-corrected chi connectivity index (χ3v) is 3.92. The third kappa shape index (κ3) is 2.21. The smallest absolute Gasteiger partial charge is 0.182 e. The molecule has 0 unspecified atom stereocenters. The lowest BCUT2D eigenvalue weighted by Gasteiger charge is -2.21. The SMILES string of the molecule is CCN(CC)c1ccc2c(C#N)c3ccc(=O)cc-3oc2c1. The highest BCUT2D eigenvalue weighted by molar-refractivity contribution is 5.92. The van der Waals surface area contributed by atoms with Crippen molar-refractivity contribution in [2.24, 2.45) is 0 Å². The molecule has 0 radical (unpaired) electrons. The maximum atomic E-state index is 11.5. The van der Waals surface area contributed by atoms with E-state index >= 15 is 0 Å². The van der Waals surface area contributed by atoms with Gasteiger partial charge in [-0.3, -0.25) is 4.79 Å². The number of hydrogen-bond acceptors (Lipinski definition) is 4. The Morgan fingerprint density at radius 2 is 1.91 bits per heavy atom. The number of fused-ring (bicyclic) bond motifs is 2. The molecule has 1 aromatic carbocycles. The van der Waals surface area contributed by atoms with Gasteiger partial charge in [-0.15, -0.1) is 0 Å². The highest BCUT2D eigenvalue weighted by Gasteiger charge is 2.16. The summed E-state index contributed by atoms with van der Waals surface area (Å²) in [5, 5.41) is 10.3. The van der Waals surface area contributed by atoms with Gasteiger partial charge in [0.05, 0.1) is 5.56 Å². The zero-order valence-electron chi connectivity index (χ0n) is 12.6. The number of rotatable bonds is 3. The molecule has 0 bridgehead atoms. The fourth-order valence-corrected chi connectivity index (χ4v) is 2.77. The molecule has 0 spiro atoms. The first-order chi connectivity index (χ1) is 10.7. The average molecular weight is 292 g/mol. The summed E-state index contributed by atoms with van der Waals surface area (Å²) in [4.78, 5) is 13.7. The first-order valence-electron chi connectivity index (χ1n) is 7.33. The van der Waals surface area contributed by atoms with Crippen molar-refractivity contribution in [1.82, 2.24) is 0 Å². The number of nitrogens with zero attached hydrogens (tertiary/aromatic N) is 2. The van der Waals surface area contributed by atoms with Crippen molar-refractivity contribution in [3.63, 3.8) is 0 Å². The second-order valence-electron chi connectivity index (χ2n) is 5.10. The molecule has 1 aromatic rings. The van der Waals surface area contributed by atoms with Gasteiger partial charge in [0.2, 0.25) is 0 Å². The molecule has 0 amide bonds. The van der Waals surface area contributed by atoms with Crippen LogP contribution in [0, 0.1) is 11.3 Å². The number of anilines is 1. The second-order valence-corrected chi connectivity index (χ2v) is 5.10. The van der Waals surface area contributed by atoms with Crippen molar-refractivity contribution in [2.45, 2.75) is 13.8 Å². The summed E-state index contributed by atoms with van der Waals surface area (Å²) in [7, 11) is 0. The highest BCUT2D eigenvalue weighted by Crippen LogP contribution is 2.33. The Morgan fingerprint density at radius 1 is 1.14 bits per heavy atom. The Labute approximate surface area is 128 Å². The molecule has 0 saturated heterocycles. The van der Waals surface area contributed by atoms with E-state index in [0.29, 0.717) is 22.5 Å². The summed E-state index contributed by atoms with van der Waals surface area (Å²) in [6.07, 6.45) is 0. The van der Waals surface area contributed by atoms with Crippen LogP contribution in [0.25, 0.3) is 22.3 Å². The Morgan fingerprint density at radius 3 is 2.59 bits per heavy atom. The third-order valence-electron chi connectivity index (χ3n) is 3.92. The summed E-state index contributed by atoms with van der Waals surface area (Å²) in [5.74, 6) is 0.452. The van der Waals surface area contributed by atoms with E-state index in [9.17, 15) is 10.1 Å². The molecule has 2 aliphatic rings. The number of benzene rings is 2. The van der Waals surface area contributed by atoms with Gasteiger partial charge < -0.3 is 9.32 Å². The maximum Gasteiger partial charge on any atom is 0.182 e. The molecule has 4 nitrogen and oxygen atoms in total. The fraction of sp³-hybridized carbons (Fsp3) is 0.222. The largest absolute Gasteiger partial charge is 0.456 e. The Bertz CT molecular complexity index is 901. The zero-order chi connectivity index (χ0) is 15.7. The van der Waals surface area contributed by atoms with Crippen molar-refractivity contribution in [1.29, 1.82) is 5.26 Å². The van der Waals surface area contributed by atoms with Gasteiger partial charge >= 0.3 is 0 Å². The van der Waals surface area contributed by atoms with Gasteiger partial charge in [0.15, 0.2) is 5.43 Å². The first-order valence-corrected chi connectivity index (χ1v) is 7.33. The fourth-order valence-electron chi connectivity index (χ4n) is 2.77. The van der Waals surface area contributed by atoms with E-state index in [1.54, 1.807) is 6.07 Å². The molecule has 1 aliphatic heterocycles. The van der Waals surface area contributed by atoms with E-state index in [-0.39, 0.29) is 5.43 Å². The maximum absolute atomic E-state index is 11.5. The minimum atomic E-state index is -0.126. The second kappa shape index (κ2) is 5.53. The Balaban J connectivity index is 2.34. The standard InChI is InChI=1S/C18H16N2O2/c1-3-20(4-2)12-5-7-14-16(11-19)15-8-6-13(21)10-18(15)22-17(14)9-12/h5-10H,3-4H2,1-2H3. The predicted octanol–water partition coefficient (Wildman–Crippen LogP) is 3.62. The summed E-state index contributed by atoms with van der Waals surface area (Å²) in [6.45, 7) is 5.97. The molecule has 4 heteroatoms. The van der Waals surface area contributed by atoms with Crippen LogP contribution in [0.5, 0.6) is 0 Å². The molecule has 0 aromatic heterocycles.